The standard InChI is InChI=1S/C21H29N/c1-2-17-10-12-19(13-11-17)21(14-6-3-7-15-21)20-9-5-4-8-18(20)16-22/h4-5,8-9,17,19H,2-3,6-7,10-15H2,1H3/t17-,19-. The summed E-state index contributed by atoms with van der Waals surface area (Å²) in [5, 5.41) is 9.59. The molecule has 2 saturated carbocycles. The van der Waals surface area contributed by atoms with E-state index in [1.165, 1.54) is 69.8 Å². The molecule has 2 fully saturated rings. The van der Waals surface area contributed by atoms with E-state index in [2.05, 4.69) is 25.1 Å². The molecule has 0 amide bonds. The highest BCUT2D eigenvalue weighted by atomic mass is 14.5. The molecule has 22 heavy (non-hydrogen) atoms. The molecule has 0 spiro atoms. The molecule has 0 heterocycles. The van der Waals surface area contributed by atoms with Crippen LogP contribution in [0.25, 0.3) is 0 Å². The van der Waals surface area contributed by atoms with Gasteiger partial charge in [0.15, 0.2) is 0 Å². The van der Waals surface area contributed by atoms with E-state index in [9.17, 15) is 5.26 Å². The van der Waals surface area contributed by atoms with Gasteiger partial charge in [-0.05, 0) is 54.6 Å². The lowest BCUT2D eigenvalue weighted by molar-refractivity contribution is 0.126. The monoisotopic (exact) mass is 295 g/mol. The third-order valence-electron chi connectivity index (χ3n) is 6.54. The Morgan fingerprint density at radius 1 is 1.05 bits per heavy atom. The molecule has 0 saturated heterocycles. The van der Waals surface area contributed by atoms with Gasteiger partial charge < -0.3 is 0 Å². The molecule has 0 aliphatic heterocycles. The Balaban J connectivity index is 1.94. The van der Waals surface area contributed by atoms with Crippen LogP contribution in [0.1, 0.15) is 82.3 Å². The molecule has 0 atom stereocenters. The Labute approximate surface area is 135 Å². The summed E-state index contributed by atoms with van der Waals surface area (Å²) in [6.07, 6.45) is 13.5. The minimum atomic E-state index is 0.295. The molecule has 2 aliphatic rings. The average molecular weight is 295 g/mol. The average Bonchev–Trinajstić information content (AvgIpc) is 2.62. The molecule has 1 heteroatoms. The van der Waals surface area contributed by atoms with Crippen LogP contribution in [0.5, 0.6) is 0 Å². The van der Waals surface area contributed by atoms with Gasteiger partial charge in [-0.3, -0.25) is 0 Å². The topological polar surface area (TPSA) is 23.8 Å². The third-order valence-corrected chi connectivity index (χ3v) is 6.54. The van der Waals surface area contributed by atoms with Crippen LogP contribution in [0.4, 0.5) is 0 Å². The first kappa shape index (κ1) is 15.6. The highest BCUT2D eigenvalue weighted by molar-refractivity contribution is 5.43. The lowest BCUT2D eigenvalue weighted by Gasteiger charge is -2.47. The summed E-state index contributed by atoms with van der Waals surface area (Å²) >= 11 is 0. The van der Waals surface area contributed by atoms with Gasteiger partial charge in [-0.1, -0.05) is 63.6 Å². The first-order valence-electron chi connectivity index (χ1n) is 9.30. The van der Waals surface area contributed by atoms with Gasteiger partial charge in [0, 0.05) is 0 Å². The first-order chi connectivity index (χ1) is 10.8. The molecular weight excluding hydrogens is 266 g/mol. The fraction of sp³-hybridized carbons (Fsp3) is 0.667. The number of nitriles is 1. The lowest BCUT2D eigenvalue weighted by Crippen LogP contribution is -2.40. The van der Waals surface area contributed by atoms with E-state index in [0.29, 0.717) is 5.41 Å². The van der Waals surface area contributed by atoms with Gasteiger partial charge in [-0.2, -0.15) is 5.26 Å². The quantitative estimate of drug-likeness (QED) is 0.673. The fourth-order valence-electron chi connectivity index (χ4n) is 5.22. The van der Waals surface area contributed by atoms with Crippen LogP contribution < -0.4 is 0 Å². The van der Waals surface area contributed by atoms with E-state index in [1.54, 1.807) is 0 Å². The SMILES string of the molecule is CC[C@H]1CC[C@H](C2(c3ccccc3C#N)CCCCC2)CC1. The Bertz CT molecular complexity index is 525. The van der Waals surface area contributed by atoms with Crippen LogP contribution in [0.15, 0.2) is 24.3 Å². The number of rotatable bonds is 3. The number of benzene rings is 1. The van der Waals surface area contributed by atoms with Crippen molar-refractivity contribution in [3.8, 4) is 6.07 Å². The smallest absolute Gasteiger partial charge is 0.0994 e. The van der Waals surface area contributed by atoms with E-state index in [1.807, 2.05) is 12.1 Å². The van der Waals surface area contributed by atoms with Crippen LogP contribution >= 0.6 is 0 Å². The summed E-state index contributed by atoms with van der Waals surface area (Å²) in [5.74, 6) is 1.74. The number of hydrogen-bond acceptors (Lipinski definition) is 1. The second kappa shape index (κ2) is 6.86. The van der Waals surface area contributed by atoms with Gasteiger partial charge in [0.05, 0.1) is 11.6 Å². The minimum Gasteiger partial charge on any atom is -0.192 e. The summed E-state index contributed by atoms with van der Waals surface area (Å²) in [6, 6.07) is 10.9. The molecule has 1 aromatic carbocycles. The van der Waals surface area contributed by atoms with Crippen LogP contribution in [0.2, 0.25) is 0 Å². The Morgan fingerprint density at radius 2 is 1.73 bits per heavy atom. The van der Waals surface area contributed by atoms with Crippen molar-refractivity contribution in [2.24, 2.45) is 11.8 Å². The van der Waals surface area contributed by atoms with Crippen LogP contribution in [-0.4, -0.2) is 0 Å². The first-order valence-corrected chi connectivity index (χ1v) is 9.30. The largest absolute Gasteiger partial charge is 0.192 e. The molecule has 1 nitrogen and oxygen atoms in total. The molecular formula is C21H29N. The van der Waals surface area contributed by atoms with Crippen LogP contribution in [0, 0.1) is 23.2 Å². The van der Waals surface area contributed by atoms with E-state index >= 15 is 0 Å². The van der Waals surface area contributed by atoms with Gasteiger partial charge in [-0.15, -0.1) is 0 Å². The van der Waals surface area contributed by atoms with Crippen LogP contribution in [0.3, 0.4) is 0 Å². The molecule has 2 aliphatic carbocycles. The van der Waals surface area contributed by atoms with E-state index in [0.717, 1.165) is 17.4 Å². The van der Waals surface area contributed by atoms with Crippen molar-refractivity contribution in [1.29, 1.82) is 5.26 Å². The van der Waals surface area contributed by atoms with Crippen molar-refractivity contribution in [2.45, 2.75) is 76.5 Å². The minimum absolute atomic E-state index is 0.295. The second-order valence-corrected chi connectivity index (χ2v) is 7.50. The molecule has 0 N–H and O–H groups in total. The Morgan fingerprint density at radius 3 is 2.36 bits per heavy atom. The van der Waals surface area contributed by atoms with Crippen molar-refractivity contribution < 1.29 is 0 Å². The van der Waals surface area contributed by atoms with E-state index in [-0.39, 0.29) is 0 Å². The van der Waals surface area contributed by atoms with Crippen molar-refractivity contribution in [3.05, 3.63) is 35.4 Å². The van der Waals surface area contributed by atoms with E-state index in [4.69, 9.17) is 0 Å². The highest BCUT2D eigenvalue weighted by Crippen LogP contribution is 2.51. The zero-order valence-corrected chi connectivity index (χ0v) is 14.0. The van der Waals surface area contributed by atoms with Gasteiger partial charge in [0.1, 0.15) is 0 Å². The van der Waals surface area contributed by atoms with Crippen molar-refractivity contribution >= 4 is 0 Å². The zero-order chi connectivity index (χ0) is 15.4. The highest BCUT2D eigenvalue weighted by Gasteiger charge is 2.43. The Kier molecular flexibility index (Phi) is 4.87. The summed E-state index contributed by atoms with van der Waals surface area (Å²) < 4.78 is 0. The zero-order valence-electron chi connectivity index (χ0n) is 14.0. The lowest BCUT2D eigenvalue weighted by atomic mass is 9.57. The number of nitrogens with zero attached hydrogens (tertiary/aromatic N) is 1. The molecule has 118 valence electrons. The summed E-state index contributed by atoms with van der Waals surface area (Å²) in [4.78, 5) is 0. The van der Waals surface area contributed by atoms with Crippen molar-refractivity contribution in [1.82, 2.24) is 0 Å². The molecule has 0 radical (unpaired) electrons. The van der Waals surface area contributed by atoms with Gasteiger partial charge in [0.25, 0.3) is 0 Å². The predicted molar refractivity (Wildman–Crippen MR) is 91.7 cm³/mol. The van der Waals surface area contributed by atoms with Crippen molar-refractivity contribution in [3.63, 3.8) is 0 Å². The van der Waals surface area contributed by atoms with Crippen LogP contribution in [-0.2, 0) is 5.41 Å². The van der Waals surface area contributed by atoms with Gasteiger partial charge in [-0.25, -0.2) is 0 Å². The maximum Gasteiger partial charge on any atom is 0.0994 e. The molecule has 0 unspecified atom stereocenters. The molecule has 0 bridgehead atoms. The molecule has 0 aromatic heterocycles. The normalized spacial score (nSPS) is 28.0. The summed E-state index contributed by atoms with van der Waals surface area (Å²) in [7, 11) is 0. The Hall–Kier alpha value is -1.29. The number of hydrogen-bond donors (Lipinski definition) is 0. The van der Waals surface area contributed by atoms with Crippen molar-refractivity contribution in [2.75, 3.05) is 0 Å². The molecule has 3 rings (SSSR count). The predicted octanol–water partition coefficient (Wildman–Crippen LogP) is 5.98. The van der Waals surface area contributed by atoms with E-state index < -0.39 is 0 Å². The summed E-state index contributed by atoms with van der Waals surface area (Å²) in [6.45, 7) is 2.34. The van der Waals surface area contributed by atoms with Gasteiger partial charge in [0.2, 0.25) is 0 Å². The maximum atomic E-state index is 9.59. The molecule has 1 aromatic rings. The third kappa shape index (κ3) is 2.81. The summed E-state index contributed by atoms with van der Waals surface area (Å²) in [5.41, 5.74) is 2.60. The fourth-order valence-corrected chi connectivity index (χ4v) is 5.22. The maximum absolute atomic E-state index is 9.59. The second-order valence-electron chi connectivity index (χ2n) is 7.50. The van der Waals surface area contributed by atoms with Gasteiger partial charge >= 0.3 is 0 Å².